The standard InChI is InChI=1S/C16H21ClFNO/c17-11-9-13-12(14(18)10-11)3-6-16(20)5-2-1-4-15(13,16)7-8-19/h9-10,20H,1-8,19H2. The van der Waals surface area contributed by atoms with Gasteiger partial charge >= 0.3 is 0 Å². The van der Waals surface area contributed by atoms with Crippen LogP contribution in [0, 0.1) is 5.82 Å². The Labute approximate surface area is 124 Å². The molecule has 0 saturated heterocycles. The van der Waals surface area contributed by atoms with Crippen LogP contribution >= 0.6 is 11.6 Å². The number of halogens is 2. The molecule has 20 heavy (non-hydrogen) atoms. The quantitative estimate of drug-likeness (QED) is 0.879. The Hall–Kier alpha value is -0.640. The van der Waals surface area contributed by atoms with Crippen molar-refractivity contribution in [3.63, 3.8) is 0 Å². The SMILES string of the molecule is NCCC12CCCCC1(O)CCc1c(F)cc(Cl)cc12. The summed E-state index contributed by atoms with van der Waals surface area (Å²) in [7, 11) is 0. The summed E-state index contributed by atoms with van der Waals surface area (Å²) >= 11 is 6.07. The van der Waals surface area contributed by atoms with Crippen LogP contribution in [-0.4, -0.2) is 17.3 Å². The summed E-state index contributed by atoms with van der Waals surface area (Å²) in [6, 6.07) is 3.23. The van der Waals surface area contributed by atoms with Crippen molar-refractivity contribution in [2.45, 2.75) is 56.0 Å². The van der Waals surface area contributed by atoms with Gasteiger partial charge in [0.25, 0.3) is 0 Å². The highest BCUT2D eigenvalue weighted by Gasteiger charge is 2.55. The number of nitrogens with two attached hydrogens (primary N) is 1. The van der Waals surface area contributed by atoms with Crippen molar-refractivity contribution in [3.8, 4) is 0 Å². The molecule has 110 valence electrons. The van der Waals surface area contributed by atoms with Crippen LogP contribution < -0.4 is 5.73 Å². The van der Waals surface area contributed by atoms with E-state index in [1.807, 2.05) is 6.07 Å². The summed E-state index contributed by atoms with van der Waals surface area (Å²) in [6.45, 7) is 0.496. The minimum atomic E-state index is -0.755. The second-order valence-electron chi connectivity index (χ2n) is 6.27. The van der Waals surface area contributed by atoms with Crippen LogP contribution in [0.25, 0.3) is 0 Å². The summed E-state index contributed by atoms with van der Waals surface area (Å²) in [6.07, 6.45) is 5.63. The molecule has 0 radical (unpaired) electrons. The molecule has 0 aromatic heterocycles. The van der Waals surface area contributed by atoms with Crippen molar-refractivity contribution in [2.75, 3.05) is 6.54 Å². The lowest BCUT2D eigenvalue weighted by Crippen LogP contribution is -2.57. The summed E-state index contributed by atoms with van der Waals surface area (Å²) in [5, 5.41) is 11.6. The molecule has 4 heteroatoms. The number of fused-ring (bicyclic) bond motifs is 3. The Morgan fingerprint density at radius 2 is 2.00 bits per heavy atom. The van der Waals surface area contributed by atoms with Crippen molar-refractivity contribution in [2.24, 2.45) is 5.73 Å². The zero-order chi connectivity index (χ0) is 14.4. The lowest BCUT2D eigenvalue weighted by molar-refractivity contribution is -0.0865. The minimum Gasteiger partial charge on any atom is -0.389 e. The van der Waals surface area contributed by atoms with Crippen LogP contribution in [0.3, 0.4) is 0 Å². The maximum atomic E-state index is 14.2. The third-order valence-electron chi connectivity index (χ3n) is 5.37. The fourth-order valence-corrected chi connectivity index (χ4v) is 4.63. The normalized spacial score (nSPS) is 32.6. The van der Waals surface area contributed by atoms with Crippen molar-refractivity contribution in [3.05, 3.63) is 34.1 Å². The van der Waals surface area contributed by atoms with Crippen LogP contribution in [0.4, 0.5) is 4.39 Å². The van der Waals surface area contributed by atoms with Gasteiger partial charge in [-0.1, -0.05) is 24.4 Å². The summed E-state index contributed by atoms with van der Waals surface area (Å²) in [4.78, 5) is 0. The van der Waals surface area contributed by atoms with Gasteiger partial charge in [0.2, 0.25) is 0 Å². The fourth-order valence-electron chi connectivity index (χ4n) is 4.42. The second-order valence-corrected chi connectivity index (χ2v) is 6.71. The van der Waals surface area contributed by atoms with E-state index in [2.05, 4.69) is 0 Å². The zero-order valence-electron chi connectivity index (χ0n) is 11.6. The lowest BCUT2D eigenvalue weighted by atomic mass is 9.53. The van der Waals surface area contributed by atoms with Crippen LogP contribution in [-0.2, 0) is 11.8 Å². The third kappa shape index (κ3) is 1.91. The number of rotatable bonds is 2. The molecule has 0 aliphatic heterocycles. The lowest BCUT2D eigenvalue weighted by Gasteiger charge is -2.54. The van der Waals surface area contributed by atoms with Crippen LogP contribution in [0.2, 0.25) is 5.02 Å². The Morgan fingerprint density at radius 3 is 2.75 bits per heavy atom. The van der Waals surface area contributed by atoms with E-state index in [0.717, 1.165) is 36.8 Å². The zero-order valence-corrected chi connectivity index (χ0v) is 12.3. The topological polar surface area (TPSA) is 46.2 Å². The molecule has 3 N–H and O–H groups in total. The highest BCUT2D eigenvalue weighted by Crippen LogP contribution is 2.55. The van der Waals surface area contributed by atoms with E-state index in [1.165, 1.54) is 6.07 Å². The van der Waals surface area contributed by atoms with Gasteiger partial charge in [-0.3, -0.25) is 0 Å². The average Bonchev–Trinajstić information content (AvgIpc) is 2.39. The number of benzene rings is 1. The van der Waals surface area contributed by atoms with E-state index in [-0.39, 0.29) is 5.82 Å². The molecule has 2 unspecified atom stereocenters. The van der Waals surface area contributed by atoms with Crippen LogP contribution in [0.1, 0.15) is 49.7 Å². The van der Waals surface area contributed by atoms with E-state index in [9.17, 15) is 9.50 Å². The first-order chi connectivity index (χ1) is 9.52. The third-order valence-corrected chi connectivity index (χ3v) is 5.59. The summed E-state index contributed by atoms with van der Waals surface area (Å²) < 4.78 is 14.2. The fraction of sp³-hybridized carbons (Fsp3) is 0.625. The van der Waals surface area contributed by atoms with Crippen molar-refractivity contribution < 1.29 is 9.50 Å². The largest absolute Gasteiger partial charge is 0.389 e. The highest BCUT2D eigenvalue weighted by molar-refractivity contribution is 6.30. The predicted molar refractivity (Wildman–Crippen MR) is 78.5 cm³/mol. The molecule has 0 heterocycles. The highest BCUT2D eigenvalue weighted by atomic mass is 35.5. The minimum absolute atomic E-state index is 0.239. The van der Waals surface area contributed by atoms with Gasteiger partial charge in [-0.15, -0.1) is 0 Å². The van der Waals surface area contributed by atoms with Gasteiger partial charge < -0.3 is 10.8 Å². The molecule has 1 aromatic carbocycles. The Bertz CT molecular complexity index is 531. The summed E-state index contributed by atoms with van der Waals surface area (Å²) in [5.74, 6) is -0.239. The predicted octanol–water partition coefficient (Wildman–Crippen LogP) is 3.32. The molecule has 3 rings (SSSR count). The van der Waals surface area contributed by atoms with Gasteiger partial charge in [0.05, 0.1) is 5.60 Å². The van der Waals surface area contributed by atoms with E-state index in [1.54, 1.807) is 0 Å². The number of hydrogen-bond acceptors (Lipinski definition) is 2. The van der Waals surface area contributed by atoms with Gasteiger partial charge in [0, 0.05) is 10.4 Å². The molecule has 0 bridgehead atoms. The van der Waals surface area contributed by atoms with Crippen molar-refractivity contribution in [1.29, 1.82) is 0 Å². The molecule has 1 fully saturated rings. The van der Waals surface area contributed by atoms with Crippen molar-refractivity contribution in [1.82, 2.24) is 0 Å². The molecule has 2 aliphatic carbocycles. The first kappa shape index (κ1) is 14.3. The van der Waals surface area contributed by atoms with E-state index < -0.39 is 11.0 Å². The Kier molecular flexibility index (Phi) is 3.56. The smallest absolute Gasteiger partial charge is 0.128 e. The molecule has 0 spiro atoms. The van der Waals surface area contributed by atoms with Crippen LogP contribution in [0.5, 0.6) is 0 Å². The molecule has 2 nitrogen and oxygen atoms in total. The number of hydrogen-bond donors (Lipinski definition) is 2. The second kappa shape index (κ2) is 4.97. The molecular formula is C16H21ClFNO. The average molecular weight is 298 g/mol. The van der Waals surface area contributed by atoms with Gasteiger partial charge in [0.15, 0.2) is 0 Å². The summed E-state index contributed by atoms with van der Waals surface area (Å²) in [5.41, 5.74) is 6.28. The maximum absolute atomic E-state index is 14.2. The monoisotopic (exact) mass is 297 g/mol. The van der Waals surface area contributed by atoms with Gasteiger partial charge in [0.1, 0.15) is 5.82 Å². The first-order valence-electron chi connectivity index (χ1n) is 7.43. The van der Waals surface area contributed by atoms with E-state index in [4.69, 9.17) is 17.3 Å². The van der Waals surface area contributed by atoms with Crippen LogP contribution in [0.15, 0.2) is 12.1 Å². The van der Waals surface area contributed by atoms with Crippen molar-refractivity contribution >= 4 is 11.6 Å². The van der Waals surface area contributed by atoms with Gasteiger partial charge in [-0.25, -0.2) is 4.39 Å². The van der Waals surface area contributed by atoms with Gasteiger partial charge in [-0.2, -0.15) is 0 Å². The molecule has 2 atom stereocenters. The molecule has 0 amide bonds. The molecule has 1 aromatic rings. The van der Waals surface area contributed by atoms with E-state index in [0.29, 0.717) is 30.8 Å². The molecular weight excluding hydrogens is 277 g/mol. The Morgan fingerprint density at radius 1 is 1.25 bits per heavy atom. The molecule has 1 saturated carbocycles. The molecule has 2 aliphatic rings. The number of aliphatic hydroxyl groups is 1. The Balaban J connectivity index is 2.22. The van der Waals surface area contributed by atoms with Gasteiger partial charge in [-0.05, 0) is 61.9 Å². The van der Waals surface area contributed by atoms with E-state index >= 15 is 0 Å². The maximum Gasteiger partial charge on any atom is 0.128 e. The first-order valence-corrected chi connectivity index (χ1v) is 7.81.